The fourth-order valence-electron chi connectivity index (χ4n) is 8.03. The second-order valence-electron chi connectivity index (χ2n) is 11.7. The largest absolute Gasteiger partial charge is 0.452 e. The lowest BCUT2D eigenvalue weighted by Gasteiger charge is -2.61. The van der Waals surface area contributed by atoms with Crippen LogP contribution in [-0.2, 0) is 26.2 Å². The van der Waals surface area contributed by atoms with Crippen molar-refractivity contribution in [2.24, 2.45) is 17.3 Å². The van der Waals surface area contributed by atoms with Crippen LogP contribution in [0.3, 0.4) is 0 Å². The number of aryl methyl sites for hydroxylation is 2. The molecule has 4 fully saturated rings. The predicted octanol–water partition coefficient (Wildman–Crippen LogP) is 5.66. The molecule has 1 amide bonds. The maximum Gasteiger partial charge on any atom is 0.312 e. The summed E-state index contributed by atoms with van der Waals surface area (Å²) >= 11 is 0. The zero-order valence-electron chi connectivity index (χ0n) is 20.6. The molecule has 4 saturated carbocycles. The van der Waals surface area contributed by atoms with E-state index in [0.717, 1.165) is 31.4 Å². The molecular formula is C30H35NO3. The monoisotopic (exact) mass is 457 g/mol. The SMILES string of the molecule is Cc1ccc(C23C[C@@H]4C[C@@H](CC(C(=O)O[C@H](C)C(=O)N5CCc6ccccc65)(C4)C2)C3)cc1C. The molecule has 7 rings (SSSR count). The number of nitrogens with zero attached hydrogens (tertiary/aromatic N) is 1. The van der Waals surface area contributed by atoms with E-state index in [4.69, 9.17) is 4.74 Å². The summed E-state index contributed by atoms with van der Waals surface area (Å²) in [7, 11) is 0. The minimum atomic E-state index is -0.760. The lowest BCUT2D eigenvalue weighted by molar-refractivity contribution is -0.180. The topological polar surface area (TPSA) is 46.6 Å². The summed E-state index contributed by atoms with van der Waals surface area (Å²) in [5.41, 5.74) is 5.82. The Balaban J connectivity index is 1.23. The van der Waals surface area contributed by atoms with E-state index < -0.39 is 11.5 Å². The number of amides is 1. The van der Waals surface area contributed by atoms with Crippen molar-refractivity contribution < 1.29 is 14.3 Å². The number of hydrogen-bond donors (Lipinski definition) is 0. The molecule has 4 heteroatoms. The number of para-hydroxylation sites is 1. The Morgan fingerprint density at radius 3 is 2.47 bits per heavy atom. The van der Waals surface area contributed by atoms with Crippen molar-refractivity contribution >= 4 is 17.6 Å². The molecule has 4 aliphatic carbocycles. The molecule has 0 aromatic heterocycles. The van der Waals surface area contributed by atoms with E-state index in [2.05, 4.69) is 38.1 Å². The van der Waals surface area contributed by atoms with Crippen molar-refractivity contribution in [3.63, 3.8) is 0 Å². The van der Waals surface area contributed by atoms with Crippen LogP contribution in [0.2, 0.25) is 0 Å². The van der Waals surface area contributed by atoms with E-state index in [1.807, 2.05) is 18.2 Å². The molecule has 2 unspecified atom stereocenters. The van der Waals surface area contributed by atoms with Gasteiger partial charge in [-0.15, -0.1) is 0 Å². The Kier molecular flexibility index (Phi) is 4.95. The summed E-state index contributed by atoms with van der Waals surface area (Å²) in [6.07, 6.45) is 6.39. The van der Waals surface area contributed by atoms with Crippen molar-refractivity contribution in [1.82, 2.24) is 0 Å². The molecular weight excluding hydrogens is 422 g/mol. The first-order valence-corrected chi connectivity index (χ1v) is 13.0. The van der Waals surface area contributed by atoms with Crippen LogP contribution in [0.5, 0.6) is 0 Å². The molecule has 0 radical (unpaired) electrons. The number of carbonyl (C=O) groups is 2. The molecule has 0 spiro atoms. The van der Waals surface area contributed by atoms with Gasteiger partial charge in [0.1, 0.15) is 0 Å². The van der Waals surface area contributed by atoms with Gasteiger partial charge in [0.05, 0.1) is 5.41 Å². The van der Waals surface area contributed by atoms with Crippen LogP contribution < -0.4 is 4.90 Å². The highest BCUT2D eigenvalue weighted by Crippen LogP contribution is 2.66. The van der Waals surface area contributed by atoms with E-state index in [1.54, 1.807) is 11.8 Å². The average molecular weight is 458 g/mol. The normalized spacial score (nSPS) is 31.9. The molecule has 178 valence electrons. The fraction of sp³-hybridized carbons (Fsp3) is 0.533. The zero-order valence-corrected chi connectivity index (χ0v) is 20.6. The summed E-state index contributed by atoms with van der Waals surface area (Å²) in [4.78, 5) is 28.8. The number of ether oxygens (including phenoxy) is 1. The lowest BCUT2D eigenvalue weighted by Crippen LogP contribution is -2.57. The van der Waals surface area contributed by atoms with Gasteiger partial charge in [-0.05, 0) is 111 Å². The second kappa shape index (κ2) is 7.69. The van der Waals surface area contributed by atoms with Crippen molar-refractivity contribution in [3.05, 3.63) is 64.7 Å². The first-order valence-electron chi connectivity index (χ1n) is 13.0. The lowest BCUT2D eigenvalue weighted by atomic mass is 9.43. The van der Waals surface area contributed by atoms with Gasteiger partial charge >= 0.3 is 5.97 Å². The number of benzene rings is 2. The molecule has 4 nitrogen and oxygen atoms in total. The predicted molar refractivity (Wildman–Crippen MR) is 133 cm³/mol. The second-order valence-corrected chi connectivity index (χ2v) is 11.7. The molecule has 5 aliphatic rings. The van der Waals surface area contributed by atoms with Gasteiger partial charge in [-0.25, -0.2) is 0 Å². The number of esters is 1. The highest BCUT2D eigenvalue weighted by atomic mass is 16.5. The first-order chi connectivity index (χ1) is 16.3. The van der Waals surface area contributed by atoms with E-state index in [-0.39, 0.29) is 17.3 Å². The highest BCUT2D eigenvalue weighted by molar-refractivity contribution is 5.99. The van der Waals surface area contributed by atoms with Gasteiger partial charge in [-0.2, -0.15) is 0 Å². The third-order valence-electron chi connectivity index (χ3n) is 9.40. The van der Waals surface area contributed by atoms with Crippen LogP contribution in [0, 0.1) is 31.1 Å². The van der Waals surface area contributed by atoms with Crippen LogP contribution in [0.25, 0.3) is 0 Å². The van der Waals surface area contributed by atoms with Crippen molar-refractivity contribution in [1.29, 1.82) is 0 Å². The molecule has 0 saturated heterocycles. The third kappa shape index (κ3) is 3.32. The zero-order chi connectivity index (χ0) is 23.7. The van der Waals surface area contributed by atoms with E-state index >= 15 is 0 Å². The highest BCUT2D eigenvalue weighted by Gasteiger charge is 2.62. The van der Waals surface area contributed by atoms with Gasteiger partial charge in [-0.1, -0.05) is 36.4 Å². The minimum Gasteiger partial charge on any atom is -0.452 e. The van der Waals surface area contributed by atoms with Gasteiger partial charge in [0.25, 0.3) is 5.91 Å². The molecule has 0 N–H and O–H groups in total. The Hall–Kier alpha value is -2.62. The molecule has 4 bridgehead atoms. The third-order valence-corrected chi connectivity index (χ3v) is 9.40. The maximum atomic E-state index is 13.8. The van der Waals surface area contributed by atoms with E-state index in [0.29, 0.717) is 18.4 Å². The van der Waals surface area contributed by atoms with Gasteiger partial charge in [-0.3, -0.25) is 9.59 Å². The average Bonchev–Trinajstić information content (AvgIpc) is 3.23. The van der Waals surface area contributed by atoms with Gasteiger partial charge in [0.2, 0.25) is 0 Å². The van der Waals surface area contributed by atoms with Crippen LogP contribution >= 0.6 is 0 Å². The summed E-state index contributed by atoms with van der Waals surface area (Å²) in [6, 6.07) is 14.9. The summed E-state index contributed by atoms with van der Waals surface area (Å²) in [5.74, 6) is 0.911. The van der Waals surface area contributed by atoms with Crippen LogP contribution in [0.15, 0.2) is 42.5 Å². The van der Waals surface area contributed by atoms with Gasteiger partial charge in [0, 0.05) is 12.2 Å². The molecule has 1 aliphatic heterocycles. The fourth-order valence-corrected chi connectivity index (χ4v) is 8.03. The Labute approximate surface area is 202 Å². The Morgan fingerprint density at radius 2 is 1.74 bits per heavy atom. The number of rotatable bonds is 4. The smallest absolute Gasteiger partial charge is 0.312 e. The van der Waals surface area contributed by atoms with Crippen molar-refractivity contribution in [2.75, 3.05) is 11.4 Å². The summed E-state index contributed by atoms with van der Waals surface area (Å²) in [5, 5.41) is 0. The van der Waals surface area contributed by atoms with Crippen LogP contribution in [-0.4, -0.2) is 24.5 Å². The van der Waals surface area contributed by atoms with Gasteiger partial charge in [0.15, 0.2) is 6.10 Å². The molecule has 5 atom stereocenters. The molecule has 2 aromatic carbocycles. The minimum absolute atomic E-state index is 0.0721. The van der Waals surface area contributed by atoms with Crippen molar-refractivity contribution in [3.8, 4) is 0 Å². The van der Waals surface area contributed by atoms with Crippen LogP contribution in [0.1, 0.15) is 67.7 Å². The molecule has 1 heterocycles. The Morgan fingerprint density at radius 1 is 1.00 bits per heavy atom. The van der Waals surface area contributed by atoms with Crippen LogP contribution in [0.4, 0.5) is 5.69 Å². The number of hydrogen-bond acceptors (Lipinski definition) is 3. The van der Waals surface area contributed by atoms with E-state index in [9.17, 15) is 9.59 Å². The van der Waals surface area contributed by atoms with Gasteiger partial charge < -0.3 is 9.64 Å². The molecule has 2 aromatic rings. The summed E-state index contributed by atoms with van der Waals surface area (Å²) in [6.45, 7) is 6.76. The Bertz CT molecular complexity index is 1150. The number of carbonyl (C=O) groups excluding carboxylic acids is 2. The molecule has 34 heavy (non-hydrogen) atoms. The quantitative estimate of drug-likeness (QED) is 0.557. The number of fused-ring (bicyclic) bond motifs is 1. The first kappa shape index (κ1) is 21.9. The number of anilines is 1. The van der Waals surface area contributed by atoms with E-state index in [1.165, 1.54) is 41.5 Å². The van der Waals surface area contributed by atoms with Crippen molar-refractivity contribution in [2.45, 2.75) is 77.2 Å². The maximum absolute atomic E-state index is 13.8. The summed E-state index contributed by atoms with van der Waals surface area (Å²) < 4.78 is 6.02. The standard InChI is InChI=1S/C30H35NO3/c1-19-8-9-25(12-20(19)2)29-14-22-13-23(15-29)17-30(16-22,18-29)28(33)34-21(3)27(32)31-11-10-24-6-4-5-7-26(24)31/h4-9,12,21-23H,10-11,13-18H2,1-3H3/t21-,22-,23+,29?,30?/m1/s1.